The third-order valence-corrected chi connectivity index (χ3v) is 3.45. The quantitative estimate of drug-likeness (QED) is 0.865. The van der Waals surface area contributed by atoms with Crippen molar-refractivity contribution < 1.29 is 13.2 Å². The van der Waals surface area contributed by atoms with Crippen molar-refractivity contribution in [3.8, 4) is 0 Å². The van der Waals surface area contributed by atoms with Gasteiger partial charge in [-0.15, -0.1) is 0 Å². The molecule has 0 fully saturated rings. The van der Waals surface area contributed by atoms with Crippen LogP contribution in [0, 0.1) is 24.4 Å². The Morgan fingerprint density at radius 1 is 1.28 bits per heavy atom. The average molecular weight is 320 g/mol. The van der Waals surface area contributed by atoms with Crippen LogP contribution in [0.2, 0.25) is 0 Å². The van der Waals surface area contributed by atoms with Gasteiger partial charge in [0.2, 0.25) is 0 Å². The van der Waals surface area contributed by atoms with E-state index in [1.807, 2.05) is 0 Å². The summed E-state index contributed by atoms with van der Waals surface area (Å²) in [7, 11) is 0. The molecule has 1 aromatic carbocycles. The van der Waals surface area contributed by atoms with Crippen molar-refractivity contribution >= 4 is 21.7 Å². The molecule has 18 heavy (non-hydrogen) atoms. The van der Waals surface area contributed by atoms with Gasteiger partial charge in [-0.2, -0.15) is 5.10 Å². The SMILES string of the molecule is Cc1nn(Cc2cc(F)c(F)c(F)c2)c(N)c1Br. The molecule has 0 aliphatic carbocycles. The van der Waals surface area contributed by atoms with Gasteiger partial charge in [0, 0.05) is 0 Å². The zero-order valence-corrected chi connectivity index (χ0v) is 10.9. The Kier molecular flexibility index (Phi) is 3.34. The molecule has 2 aromatic rings. The van der Waals surface area contributed by atoms with Gasteiger partial charge in [0.15, 0.2) is 17.5 Å². The lowest BCUT2D eigenvalue weighted by Gasteiger charge is -2.05. The van der Waals surface area contributed by atoms with Crippen LogP contribution in [-0.2, 0) is 6.54 Å². The van der Waals surface area contributed by atoms with E-state index in [2.05, 4.69) is 21.0 Å². The lowest BCUT2D eigenvalue weighted by molar-refractivity contribution is 0.444. The molecule has 0 aliphatic heterocycles. The molecule has 0 saturated carbocycles. The van der Waals surface area contributed by atoms with E-state index in [1.165, 1.54) is 4.68 Å². The second-order valence-electron chi connectivity index (χ2n) is 3.82. The van der Waals surface area contributed by atoms with E-state index in [1.54, 1.807) is 6.92 Å². The maximum absolute atomic E-state index is 13.0. The highest BCUT2D eigenvalue weighted by Gasteiger charge is 2.13. The first-order valence-corrected chi connectivity index (χ1v) is 5.81. The average Bonchev–Trinajstić information content (AvgIpc) is 2.54. The summed E-state index contributed by atoms with van der Waals surface area (Å²) in [4.78, 5) is 0. The van der Waals surface area contributed by atoms with Crippen molar-refractivity contribution in [3.63, 3.8) is 0 Å². The first-order chi connectivity index (χ1) is 8.40. The van der Waals surface area contributed by atoms with Gasteiger partial charge in [-0.3, -0.25) is 0 Å². The number of nitrogen functional groups attached to an aromatic ring is 1. The molecule has 3 nitrogen and oxygen atoms in total. The Balaban J connectivity index is 2.37. The molecule has 0 aliphatic rings. The highest BCUT2D eigenvalue weighted by molar-refractivity contribution is 9.10. The van der Waals surface area contributed by atoms with Gasteiger partial charge in [-0.25, -0.2) is 17.9 Å². The fraction of sp³-hybridized carbons (Fsp3) is 0.182. The van der Waals surface area contributed by atoms with E-state index in [-0.39, 0.29) is 12.1 Å². The smallest absolute Gasteiger partial charge is 0.194 e. The number of hydrogen-bond acceptors (Lipinski definition) is 2. The summed E-state index contributed by atoms with van der Waals surface area (Å²) in [5, 5.41) is 4.09. The van der Waals surface area contributed by atoms with Crippen molar-refractivity contribution in [2.45, 2.75) is 13.5 Å². The van der Waals surface area contributed by atoms with Crippen LogP contribution in [0.15, 0.2) is 16.6 Å². The number of benzene rings is 1. The largest absolute Gasteiger partial charge is 0.383 e. The second-order valence-corrected chi connectivity index (χ2v) is 4.61. The first kappa shape index (κ1) is 12.9. The Morgan fingerprint density at radius 3 is 2.28 bits per heavy atom. The molecule has 7 heteroatoms. The minimum atomic E-state index is -1.48. The summed E-state index contributed by atoms with van der Waals surface area (Å²) in [6, 6.07) is 1.84. The first-order valence-electron chi connectivity index (χ1n) is 5.02. The fourth-order valence-electron chi connectivity index (χ4n) is 1.57. The Labute approximate surface area is 110 Å². The summed E-state index contributed by atoms with van der Waals surface area (Å²) < 4.78 is 40.9. The van der Waals surface area contributed by atoms with Gasteiger partial charge >= 0.3 is 0 Å². The number of anilines is 1. The molecular weight excluding hydrogens is 311 g/mol. The lowest BCUT2D eigenvalue weighted by atomic mass is 10.2. The molecule has 0 radical (unpaired) electrons. The topological polar surface area (TPSA) is 43.8 Å². The normalized spacial score (nSPS) is 10.9. The molecule has 1 aromatic heterocycles. The number of nitrogens with two attached hydrogens (primary N) is 1. The van der Waals surface area contributed by atoms with Gasteiger partial charge < -0.3 is 5.73 Å². The summed E-state index contributed by atoms with van der Waals surface area (Å²) in [6.45, 7) is 1.80. The van der Waals surface area contributed by atoms with Crippen LogP contribution in [0.25, 0.3) is 0 Å². The van der Waals surface area contributed by atoms with E-state index in [0.717, 1.165) is 12.1 Å². The Hall–Kier alpha value is -1.50. The van der Waals surface area contributed by atoms with Crippen LogP contribution in [0.5, 0.6) is 0 Å². The predicted molar refractivity (Wildman–Crippen MR) is 64.5 cm³/mol. The molecule has 96 valence electrons. The number of aromatic nitrogens is 2. The number of hydrogen-bond donors (Lipinski definition) is 1. The number of aryl methyl sites for hydroxylation is 1. The minimum Gasteiger partial charge on any atom is -0.383 e. The molecule has 0 amide bonds. The Morgan fingerprint density at radius 2 is 1.83 bits per heavy atom. The third-order valence-electron chi connectivity index (χ3n) is 2.47. The van der Waals surface area contributed by atoms with E-state index in [0.29, 0.717) is 16.0 Å². The van der Waals surface area contributed by atoms with Crippen LogP contribution < -0.4 is 5.73 Å². The standard InChI is InChI=1S/C11H9BrF3N3/c1-5-9(12)11(16)18(17-5)4-6-2-7(13)10(15)8(14)3-6/h2-3H,4,16H2,1H3. The van der Waals surface area contributed by atoms with Gasteiger partial charge in [-0.1, -0.05) is 0 Å². The number of nitrogens with zero attached hydrogens (tertiary/aromatic N) is 2. The highest BCUT2D eigenvalue weighted by Crippen LogP contribution is 2.24. The zero-order valence-electron chi connectivity index (χ0n) is 9.35. The molecule has 2 N–H and O–H groups in total. The van der Waals surface area contributed by atoms with Crippen molar-refractivity contribution in [1.29, 1.82) is 0 Å². The Bertz CT molecular complexity index is 587. The van der Waals surface area contributed by atoms with Crippen molar-refractivity contribution in [1.82, 2.24) is 9.78 Å². The van der Waals surface area contributed by atoms with Crippen LogP contribution in [0.4, 0.5) is 19.0 Å². The van der Waals surface area contributed by atoms with Crippen LogP contribution >= 0.6 is 15.9 Å². The lowest BCUT2D eigenvalue weighted by Crippen LogP contribution is -2.07. The number of halogens is 4. The van der Waals surface area contributed by atoms with Gasteiger partial charge in [-0.05, 0) is 40.5 Å². The van der Waals surface area contributed by atoms with E-state index in [9.17, 15) is 13.2 Å². The van der Waals surface area contributed by atoms with Crippen molar-refractivity contribution in [3.05, 3.63) is 45.3 Å². The highest BCUT2D eigenvalue weighted by atomic mass is 79.9. The van der Waals surface area contributed by atoms with E-state index < -0.39 is 17.5 Å². The molecule has 0 bridgehead atoms. The van der Waals surface area contributed by atoms with E-state index in [4.69, 9.17) is 5.73 Å². The summed E-state index contributed by atoms with van der Waals surface area (Å²) in [6.07, 6.45) is 0. The maximum atomic E-state index is 13.0. The fourth-order valence-corrected chi connectivity index (χ4v) is 1.85. The second kappa shape index (κ2) is 4.64. The molecule has 0 unspecified atom stereocenters. The van der Waals surface area contributed by atoms with E-state index >= 15 is 0 Å². The monoisotopic (exact) mass is 319 g/mol. The predicted octanol–water partition coefficient (Wildman–Crippen LogP) is 3.00. The van der Waals surface area contributed by atoms with Crippen LogP contribution in [0.1, 0.15) is 11.3 Å². The zero-order chi connectivity index (χ0) is 13.4. The molecular formula is C11H9BrF3N3. The third kappa shape index (κ3) is 2.22. The molecule has 0 saturated heterocycles. The van der Waals surface area contributed by atoms with Crippen LogP contribution in [0.3, 0.4) is 0 Å². The van der Waals surface area contributed by atoms with Gasteiger partial charge in [0.05, 0.1) is 16.7 Å². The summed E-state index contributed by atoms with van der Waals surface area (Å²) in [5.41, 5.74) is 6.66. The van der Waals surface area contributed by atoms with Crippen molar-refractivity contribution in [2.75, 3.05) is 5.73 Å². The molecule has 2 rings (SSSR count). The molecule has 0 atom stereocenters. The van der Waals surface area contributed by atoms with Gasteiger partial charge in [0.25, 0.3) is 0 Å². The van der Waals surface area contributed by atoms with Gasteiger partial charge in [0.1, 0.15) is 5.82 Å². The number of rotatable bonds is 2. The maximum Gasteiger partial charge on any atom is 0.194 e. The molecule has 1 heterocycles. The summed E-state index contributed by atoms with van der Waals surface area (Å²) >= 11 is 3.24. The van der Waals surface area contributed by atoms with Crippen LogP contribution in [-0.4, -0.2) is 9.78 Å². The minimum absolute atomic E-state index is 0.0619. The summed E-state index contributed by atoms with van der Waals surface area (Å²) in [5.74, 6) is -3.60. The van der Waals surface area contributed by atoms with Crippen molar-refractivity contribution in [2.24, 2.45) is 0 Å². The molecule has 0 spiro atoms.